The number of amidine groups is 1. The highest BCUT2D eigenvalue weighted by atomic mass is 16.5. The molecule has 0 rings (SSSR count). The van der Waals surface area contributed by atoms with Gasteiger partial charge in [-0.05, 0) is 6.92 Å². The number of ketones is 1. The molecule has 5 nitrogen and oxygen atoms in total. The number of carbonyl (C=O) groups excluding carboxylic acids is 2. The molecule has 0 bridgehead atoms. The molecule has 0 amide bonds. The normalized spacial score (nSPS) is 8.50. The van der Waals surface area contributed by atoms with E-state index in [4.69, 9.17) is 11.1 Å². The van der Waals surface area contributed by atoms with E-state index >= 15 is 0 Å². The third kappa shape index (κ3) is 3.59. The lowest BCUT2D eigenvalue weighted by Crippen LogP contribution is -2.26. The van der Waals surface area contributed by atoms with Gasteiger partial charge < -0.3 is 10.5 Å². The molecule has 0 saturated heterocycles. The summed E-state index contributed by atoms with van der Waals surface area (Å²) >= 11 is 0. The Bertz CT molecular complexity index is 176. The van der Waals surface area contributed by atoms with Gasteiger partial charge in [-0.15, -0.1) is 0 Å². The van der Waals surface area contributed by atoms with Crippen molar-refractivity contribution in [1.29, 1.82) is 5.41 Å². The molecule has 0 saturated carbocycles. The SMILES string of the molecule is CC(=O)COC(=O)C(=N)N. The molecular weight excluding hydrogens is 136 g/mol. The van der Waals surface area contributed by atoms with E-state index in [1.54, 1.807) is 0 Å². The summed E-state index contributed by atoms with van der Waals surface area (Å²) in [7, 11) is 0. The van der Waals surface area contributed by atoms with Crippen LogP contribution >= 0.6 is 0 Å². The third-order valence-corrected chi connectivity index (χ3v) is 0.626. The highest BCUT2D eigenvalue weighted by Gasteiger charge is 2.06. The average Bonchev–Trinajstić information content (AvgIpc) is 1.82. The van der Waals surface area contributed by atoms with Crippen molar-refractivity contribution >= 4 is 17.6 Å². The molecule has 0 aliphatic heterocycles. The largest absolute Gasteiger partial charge is 0.452 e. The predicted molar refractivity (Wildman–Crippen MR) is 33.6 cm³/mol. The lowest BCUT2D eigenvalue weighted by Gasteiger charge is -1.97. The number of nitrogens with two attached hydrogens (primary N) is 1. The van der Waals surface area contributed by atoms with E-state index < -0.39 is 11.8 Å². The number of hydrogen-bond donors (Lipinski definition) is 2. The van der Waals surface area contributed by atoms with Crippen molar-refractivity contribution in [3.05, 3.63) is 0 Å². The molecule has 10 heavy (non-hydrogen) atoms. The quantitative estimate of drug-likeness (QED) is 0.297. The summed E-state index contributed by atoms with van der Waals surface area (Å²) in [5.41, 5.74) is 4.72. The van der Waals surface area contributed by atoms with Gasteiger partial charge >= 0.3 is 5.97 Å². The second-order valence-electron chi connectivity index (χ2n) is 1.69. The van der Waals surface area contributed by atoms with E-state index in [1.165, 1.54) is 6.92 Å². The summed E-state index contributed by atoms with van der Waals surface area (Å²) in [6.45, 7) is 0.950. The number of nitrogens with one attached hydrogen (secondary N) is 1. The highest BCUT2D eigenvalue weighted by molar-refractivity contribution is 6.33. The summed E-state index contributed by atoms with van der Waals surface area (Å²) in [6, 6.07) is 0. The van der Waals surface area contributed by atoms with Crippen LogP contribution in [0.25, 0.3) is 0 Å². The van der Waals surface area contributed by atoms with Crippen LogP contribution in [0.3, 0.4) is 0 Å². The van der Waals surface area contributed by atoms with Crippen molar-refractivity contribution in [3.63, 3.8) is 0 Å². The Morgan fingerprint density at radius 3 is 2.40 bits per heavy atom. The Balaban J connectivity index is 3.60. The highest BCUT2D eigenvalue weighted by Crippen LogP contribution is 1.77. The fraction of sp³-hybridized carbons (Fsp3) is 0.400. The van der Waals surface area contributed by atoms with E-state index in [-0.39, 0.29) is 12.4 Å². The van der Waals surface area contributed by atoms with Crippen LogP contribution in [0.15, 0.2) is 0 Å². The van der Waals surface area contributed by atoms with Gasteiger partial charge in [-0.3, -0.25) is 10.2 Å². The number of Topliss-reactive ketones (excluding diaryl/α,β-unsaturated/α-hetero) is 1. The first-order valence-corrected chi connectivity index (χ1v) is 2.54. The van der Waals surface area contributed by atoms with Gasteiger partial charge in [0.25, 0.3) is 0 Å². The molecule has 0 aromatic carbocycles. The Morgan fingerprint density at radius 1 is 1.60 bits per heavy atom. The minimum atomic E-state index is -0.963. The maximum absolute atomic E-state index is 10.3. The number of carbonyl (C=O) groups is 2. The van der Waals surface area contributed by atoms with Gasteiger partial charge in [-0.1, -0.05) is 0 Å². The van der Waals surface area contributed by atoms with Crippen LogP contribution in [0.5, 0.6) is 0 Å². The molecule has 56 valence electrons. The van der Waals surface area contributed by atoms with Crippen molar-refractivity contribution in [3.8, 4) is 0 Å². The fourth-order valence-electron chi connectivity index (χ4n) is 0.245. The summed E-state index contributed by atoms with van der Waals surface area (Å²) in [5.74, 6) is -1.94. The number of hydrogen-bond acceptors (Lipinski definition) is 4. The van der Waals surface area contributed by atoms with E-state index in [9.17, 15) is 9.59 Å². The Labute approximate surface area is 57.7 Å². The molecule has 0 aliphatic rings. The molecule has 0 radical (unpaired) electrons. The monoisotopic (exact) mass is 144 g/mol. The summed E-state index contributed by atoms with van der Waals surface area (Å²) < 4.78 is 4.23. The molecule has 0 aliphatic carbocycles. The Hall–Kier alpha value is -1.39. The van der Waals surface area contributed by atoms with Gasteiger partial charge in [0.15, 0.2) is 5.78 Å². The fourth-order valence-corrected chi connectivity index (χ4v) is 0.245. The van der Waals surface area contributed by atoms with E-state index in [2.05, 4.69) is 4.74 Å². The van der Waals surface area contributed by atoms with Crippen molar-refractivity contribution in [2.45, 2.75) is 6.92 Å². The summed E-state index contributed by atoms with van der Waals surface area (Å²) in [5, 5.41) is 6.54. The van der Waals surface area contributed by atoms with Gasteiger partial charge in [0.2, 0.25) is 5.84 Å². The number of rotatable bonds is 2. The zero-order chi connectivity index (χ0) is 8.15. The van der Waals surface area contributed by atoms with Gasteiger partial charge in [-0.25, -0.2) is 4.79 Å². The zero-order valence-electron chi connectivity index (χ0n) is 5.51. The number of esters is 1. The first-order chi connectivity index (χ1) is 4.54. The zero-order valence-corrected chi connectivity index (χ0v) is 5.51. The van der Waals surface area contributed by atoms with Gasteiger partial charge in [0, 0.05) is 0 Å². The molecule has 0 spiro atoms. The molecule has 0 aromatic rings. The van der Waals surface area contributed by atoms with Crippen LogP contribution in [0.2, 0.25) is 0 Å². The van der Waals surface area contributed by atoms with Gasteiger partial charge in [0.1, 0.15) is 6.61 Å². The third-order valence-electron chi connectivity index (χ3n) is 0.626. The summed E-state index contributed by atoms with van der Waals surface area (Å²) in [4.78, 5) is 20.5. The lowest BCUT2D eigenvalue weighted by molar-refractivity contribution is -0.140. The summed E-state index contributed by atoms with van der Waals surface area (Å²) in [6.07, 6.45) is 0. The minimum absolute atomic E-state index is 0.283. The van der Waals surface area contributed by atoms with Crippen molar-refractivity contribution in [1.82, 2.24) is 0 Å². The maximum atomic E-state index is 10.3. The minimum Gasteiger partial charge on any atom is -0.452 e. The second-order valence-corrected chi connectivity index (χ2v) is 1.69. The van der Waals surface area contributed by atoms with Crippen molar-refractivity contribution in [2.75, 3.05) is 6.61 Å². The molecule has 0 unspecified atom stereocenters. The lowest BCUT2D eigenvalue weighted by atomic mass is 10.5. The molecule has 0 fully saturated rings. The second kappa shape index (κ2) is 3.60. The number of ether oxygens (including phenoxy) is 1. The Morgan fingerprint density at radius 2 is 2.10 bits per heavy atom. The van der Waals surface area contributed by atoms with Crippen LogP contribution in [0.4, 0.5) is 0 Å². The Kier molecular flexibility index (Phi) is 3.10. The molecule has 5 heteroatoms. The van der Waals surface area contributed by atoms with Crippen LogP contribution in [-0.2, 0) is 14.3 Å². The molecule has 0 atom stereocenters. The molecular formula is C5H8N2O3. The first kappa shape index (κ1) is 8.61. The van der Waals surface area contributed by atoms with E-state index in [1.807, 2.05) is 0 Å². The first-order valence-electron chi connectivity index (χ1n) is 2.54. The molecule has 0 aromatic heterocycles. The molecule has 3 N–H and O–H groups in total. The maximum Gasteiger partial charge on any atom is 0.373 e. The van der Waals surface area contributed by atoms with Gasteiger partial charge in [0.05, 0.1) is 0 Å². The van der Waals surface area contributed by atoms with Crippen molar-refractivity contribution < 1.29 is 14.3 Å². The smallest absolute Gasteiger partial charge is 0.373 e. The average molecular weight is 144 g/mol. The van der Waals surface area contributed by atoms with E-state index in [0.29, 0.717) is 0 Å². The predicted octanol–water partition coefficient (Wildman–Crippen LogP) is -0.945. The van der Waals surface area contributed by atoms with Gasteiger partial charge in [-0.2, -0.15) is 0 Å². The topological polar surface area (TPSA) is 93.2 Å². The van der Waals surface area contributed by atoms with Crippen LogP contribution in [-0.4, -0.2) is 24.2 Å². The van der Waals surface area contributed by atoms with Crippen LogP contribution in [0, 0.1) is 5.41 Å². The molecule has 0 heterocycles. The van der Waals surface area contributed by atoms with Crippen LogP contribution in [0.1, 0.15) is 6.92 Å². The standard InChI is InChI=1S/C5H8N2O3/c1-3(8)2-10-5(9)4(6)7/h2H2,1H3,(H3,6,7). The van der Waals surface area contributed by atoms with E-state index in [0.717, 1.165) is 0 Å². The van der Waals surface area contributed by atoms with Crippen molar-refractivity contribution in [2.24, 2.45) is 5.73 Å². The van der Waals surface area contributed by atoms with Crippen LogP contribution < -0.4 is 5.73 Å².